The summed E-state index contributed by atoms with van der Waals surface area (Å²) in [4.78, 5) is 40.8. The molecule has 2 unspecified atom stereocenters. The molecule has 10 atom stereocenters. The Kier molecular flexibility index (Phi) is 11.4. The van der Waals surface area contributed by atoms with E-state index in [1.165, 1.54) is 37.7 Å². The van der Waals surface area contributed by atoms with Crippen molar-refractivity contribution in [2.75, 3.05) is 39.4 Å². The summed E-state index contributed by atoms with van der Waals surface area (Å²) in [6, 6.07) is 0. The van der Waals surface area contributed by atoms with Crippen molar-refractivity contribution in [2.45, 2.75) is 151 Å². The molecule has 0 aromatic rings. The van der Waals surface area contributed by atoms with Crippen LogP contribution in [0.25, 0.3) is 0 Å². The number of allylic oxidation sites excluding steroid dienone is 1. The summed E-state index contributed by atoms with van der Waals surface area (Å²) in [5.41, 5.74) is 1.16. The number of esters is 1. The lowest BCUT2D eigenvalue weighted by molar-refractivity contribution is -0.250. The highest BCUT2D eigenvalue weighted by atomic mass is 16.5. The van der Waals surface area contributed by atoms with Crippen LogP contribution in [0, 0.1) is 62.1 Å². The number of nitrogens with zero attached hydrogens (tertiary/aromatic N) is 1. The number of hydrogen-bond donors (Lipinski definition) is 2. The Hall–Kier alpha value is -1.93. The van der Waals surface area contributed by atoms with E-state index >= 15 is 0 Å². The number of amides is 1. The van der Waals surface area contributed by atoms with Gasteiger partial charge < -0.3 is 19.9 Å². The number of carbonyl (C=O) groups is 3. The number of rotatable bonds is 12. The maximum absolute atomic E-state index is 13.7. The highest BCUT2D eigenvalue weighted by molar-refractivity contribution is 5.77. The minimum absolute atomic E-state index is 0.0467. The van der Waals surface area contributed by atoms with Crippen LogP contribution in [0.4, 0.5) is 0 Å². The largest absolute Gasteiger partial charge is 0.481 e. The van der Waals surface area contributed by atoms with Crippen molar-refractivity contribution in [2.24, 2.45) is 62.1 Å². The first kappa shape index (κ1) is 40.7. The molecule has 8 nitrogen and oxygen atoms in total. The van der Waals surface area contributed by atoms with Crippen molar-refractivity contribution >= 4 is 17.8 Å². The number of carbonyl (C=O) groups excluding carboxylic acids is 2. The van der Waals surface area contributed by atoms with Gasteiger partial charge in [0.1, 0.15) is 6.10 Å². The molecule has 1 heterocycles. The molecule has 2 N–H and O–H groups in total. The van der Waals surface area contributed by atoms with Crippen LogP contribution < -0.4 is 5.32 Å². The second-order valence-corrected chi connectivity index (χ2v) is 21.1. The van der Waals surface area contributed by atoms with Crippen molar-refractivity contribution in [1.29, 1.82) is 0 Å². The Balaban J connectivity index is 1.16. The monoisotopic (exact) mass is 739 g/mol. The summed E-state index contributed by atoms with van der Waals surface area (Å²) in [6.45, 7) is 28.5. The third-order valence-corrected chi connectivity index (χ3v) is 17.3. The van der Waals surface area contributed by atoms with E-state index in [4.69, 9.17) is 9.47 Å². The Morgan fingerprint density at radius 2 is 1.60 bits per heavy atom. The van der Waals surface area contributed by atoms with Crippen LogP contribution in [-0.2, 0) is 23.9 Å². The Bertz CT molecular complexity index is 1400. The fourth-order valence-electron chi connectivity index (χ4n) is 14.6. The first-order chi connectivity index (χ1) is 24.8. The summed E-state index contributed by atoms with van der Waals surface area (Å²) in [5, 5.41) is 12.7. The van der Waals surface area contributed by atoms with Gasteiger partial charge in [-0.2, -0.15) is 0 Å². The van der Waals surface area contributed by atoms with Crippen LogP contribution in [0.15, 0.2) is 12.2 Å². The number of hydrogen-bond acceptors (Lipinski definition) is 6. The van der Waals surface area contributed by atoms with Crippen LogP contribution >= 0.6 is 0 Å². The third kappa shape index (κ3) is 7.40. The molecular formula is C45H74N2O6. The summed E-state index contributed by atoms with van der Waals surface area (Å²) in [7, 11) is 0. The number of nitrogens with one attached hydrogen (secondary N) is 1. The maximum Gasteiger partial charge on any atom is 0.306 e. The highest BCUT2D eigenvalue weighted by Gasteiger charge is 2.71. The van der Waals surface area contributed by atoms with Crippen LogP contribution in [0.1, 0.15) is 145 Å². The molecule has 1 saturated heterocycles. The molecule has 6 aliphatic rings. The van der Waals surface area contributed by atoms with Gasteiger partial charge >= 0.3 is 11.9 Å². The lowest BCUT2D eigenvalue weighted by Crippen LogP contribution is -2.67. The first-order valence-corrected chi connectivity index (χ1v) is 21.4. The molecule has 6 rings (SSSR count). The van der Waals surface area contributed by atoms with Crippen molar-refractivity contribution in [3.63, 3.8) is 0 Å². The molecule has 300 valence electrons. The van der Waals surface area contributed by atoms with Gasteiger partial charge in [0.25, 0.3) is 0 Å². The van der Waals surface area contributed by atoms with E-state index in [2.05, 4.69) is 58.3 Å². The number of ether oxygens (including phenoxy) is 2. The van der Waals surface area contributed by atoms with E-state index < -0.39 is 11.4 Å². The van der Waals surface area contributed by atoms with E-state index in [9.17, 15) is 19.5 Å². The van der Waals surface area contributed by atoms with E-state index in [1.54, 1.807) is 0 Å². The predicted octanol–water partition coefficient (Wildman–Crippen LogP) is 8.68. The average molecular weight is 739 g/mol. The highest BCUT2D eigenvalue weighted by Crippen LogP contribution is 2.78. The second-order valence-electron chi connectivity index (χ2n) is 21.1. The van der Waals surface area contributed by atoms with E-state index in [0.717, 1.165) is 77.9 Å². The minimum Gasteiger partial charge on any atom is -0.481 e. The zero-order valence-electron chi connectivity index (χ0n) is 34.7. The fourth-order valence-corrected chi connectivity index (χ4v) is 14.6. The van der Waals surface area contributed by atoms with E-state index in [0.29, 0.717) is 36.0 Å². The van der Waals surface area contributed by atoms with Crippen LogP contribution in [0.3, 0.4) is 0 Å². The van der Waals surface area contributed by atoms with Gasteiger partial charge in [-0.3, -0.25) is 19.3 Å². The number of morpholine rings is 1. The van der Waals surface area contributed by atoms with Crippen molar-refractivity contribution in [3.05, 3.63) is 12.2 Å². The van der Waals surface area contributed by atoms with Crippen LogP contribution in [-0.4, -0.2) is 73.3 Å². The molecular weight excluding hydrogens is 665 g/mol. The quantitative estimate of drug-likeness (QED) is 0.117. The molecule has 0 aromatic carbocycles. The molecule has 0 bridgehead atoms. The lowest BCUT2D eigenvalue weighted by atomic mass is 9.32. The normalized spacial score (nSPS) is 40.9. The van der Waals surface area contributed by atoms with Gasteiger partial charge in [-0.25, -0.2) is 0 Å². The van der Waals surface area contributed by atoms with Gasteiger partial charge in [-0.15, -0.1) is 0 Å². The van der Waals surface area contributed by atoms with Crippen molar-refractivity contribution in [3.8, 4) is 0 Å². The number of aliphatic carboxylic acids is 1. The molecule has 1 amide bonds. The van der Waals surface area contributed by atoms with Crippen LogP contribution in [0.2, 0.25) is 0 Å². The number of carboxylic acids is 1. The summed E-state index contributed by atoms with van der Waals surface area (Å²) in [6.07, 6.45) is 12.9. The Morgan fingerprint density at radius 1 is 0.887 bits per heavy atom. The molecule has 6 fully saturated rings. The van der Waals surface area contributed by atoms with Crippen molar-refractivity contribution in [1.82, 2.24) is 10.2 Å². The zero-order valence-corrected chi connectivity index (χ0v) is 34.7. The molecule has 8 heteroatoms. The standard InChI is InChI=1S/C45H74N2O6/c1-30(2)31-13-18-45(27-36(48)46-21-10-22-47-23-25-52-26-24-47)20-19-43(8)32(39(31)45)11-12-34-42(7)16-15-35(41(5,6)33(42)14-17-44(34,43)9)53-38(51)29-40(3,4)28-37(49)50/h31-35,39H,1,10-29H2,2-9H3,(H,46,48)(H,49,50)/t31-,32+,33?,34?,35-,39+,42-,43+,44+,45+/m0/s1. The smallest absolute Gasteiger partial charge is 0.306 e. The SMILES string of the molecule is C=C(C)[C@@H]1CC[C@]2(CC(=O)NCCCN3CCOCC3)CC[C@]3(C)[C@H](CCC4[C@@]5(C)CC[C@H](OC(=O)CC(C)(C)CC(=O)O)C(C)(C)C5CC[C@]43C)[C@@H]12. The molecule has 53 heavy (non-hydrogen) atoms. The van der Waals surface area contributed by atoms with Gasteiger partial charge in [0.2, 0.25) is 5.91 Å². The number of carboxylic acid groups (broad SMARTS) is 1. The third-order valence-electron chi connectivity index (χ3n) is 17.3. The van der Waals surface area contributed by atoms with Gasteiger partial charge in [0, 0.05) is 31.5 Å². The van der Waals surface area contributed by atoms with Crippen LogP contribution in [0.5, 0.6) is 0 Å². The van der Waals surface area contributed by atoms with Gasteiger partial charge in [0.05, 0.1) is 26.1 Å². The van der Waals surface area contributed by atoms with E-state index in [-0.39, 0.29) is 57.9 Å². The summed E-state index contributed by atoms with van der Waals surface area (Å²) in [5.74, 6) is 1.76. The minimum atomic E-state index is -0.881. The zero-order chi connectivity index (χ0) is 38.6. The van der Waals surface area contributed by atoms with E-state index in [1.807, 2.05) is 13.8 Å². The Labute approximate surface area is 321 Å². The summed E-state index contributed by atoms with van der Waals surface area (Å²) < 4.78 is 11.8. The molecule has 5 saturated carbocycles. The fraction of sp³-hybridized carbons (Fsp3) is 0.889. The number of fused-ring (bicyclic) bond motifs is 7. The molecule has 0 radical (unpaired) electrons. The first-order valence-electron chi connectivity index (χ1n) is 21.4. The van der Waals surface area contributed by atoms with Gasteiger partial charge in [0.15, 0.2) is 0 Å². The second kappa shape index (κ2) is 14.9. The topological polar surface area (TPSA) is 105 Å². The predicted molar refractivity (Wildman–Crippen MR) is 209 cm³/mol. The molecule has 5 aliphatic carbocycles. The lowest BCUT2D eigenvalue weighted by Gasteiger charge is -2.73. The molecule has 0 spiro atoms. The van der Waals surface area contributed by atoms with Gasteiger partial charge in [-0.05, 0) is 141 Å². The average Bonchev–Trinajstić information content (AvgIpc) is 3.44. The van der Waals surface area contributed by atoms with Gasteiger partial charge in [-0.1, -0.05) is 60.6 Å². The Morgan fingerprint density at radius 3 is 2.28 bits per heavy atom. The molecule has 0 aromatic heterocycles. The maximum atomic E-state index is 13.7. The summed E-state index contributed by atoms with van der Waals surface area (Å²) >= 11 is 0. The molecule has 1 aliphatic heterocycles. The van der Waals surface area contributed by atoms with Crippen molar-refractivity contribution < 1.29 is 29.0 Å².